The second-order valence-corrected chi connectivity index (χ2v) is 8.18. The number of nitrogens with zero attached hydrogens (tertiary/aromatic N) is 4. The van der Waals surface area contributed by atoms with Gasteiger partial charge in [-0.25, -0.2) is 4.98 Å². The Morgan fingerprint density at radius 1 is 1.44 bits per heavy atom. The first kappa shape index (κ1) is 19.5. The smallest absolute Gasteiger partial charge is 0.213 e. The predicted molar refractivity (Wildman–Crippen MR) is 95.7 cm³/mol. The molecule has 1 atom stereocenters. The van der Waals surface area contributed by atoms with Gasteiger partial charge in [0.1, 0.15) is 5.71 Å². The summed E-state index contributed by atoms with van der Waals surface area (Å²) in [5, 5.41) is 16.0. The molecule has 25 heavy (non-hydrogen) atoms. The highest BCUT2D eigenvalue weighted by atomic mass is 19.1. The zero-order chi connectivity index (χ0) is 18.7. The van der Waals surface area contributed by atoms with Crippen molar-refractivity contribution in [3.05, 3.63) is 41.4 Å². The largest absolute Gasteiger partial charge is 0.313 e. The standard InChI is InChI=1S/C19H27FN4O/c1-18(2)8-6-15(13-19(3,4)24(18)25)11-16(23-21-5)10-14-7-9-22-17(20)12-14/h7,9,12,15,25H,6,8,10-11,13H2,1-4H3/b23-16+. The van der Waals surface area contributed by atoms with Crippen LogP contribution in [0.25, 0.3) is 4.95 Å². The van der Waals surface area contributed by atoms with E-state index in [4.69, 9.17) is 6.57 Å². The zero-order valence-corrected chi connectivity index (χ0v) is 15.5. The van der Waals surface area contributed by atoms with Crippen molar-refractivity contribution in [1.82, 2.24) is 10.0 Å². The van der Waals surface area contributed by atoms with Crippen LogP contribution in [0.15, 0.2) is 23.4 Å². The Morgan fingerprint density at radius 2 is 2.16 bits per heavy atom. The van der Waals surface area contributed by atoms with Crippen molar-refractivity contribution in [2.75, 3.05) is 0 Å². The first-order valence-electron chi connectivity index (χ1n) is 8.66. The Balaban J connectivity index is 2.14. The van der Waals surface area contributed by atoms with E-state index in [9.17, 15) is 9.60 Å². The summed E-state index contributed by atoms with van der Waals surface area (Å²) < 4.78 is 13.3. The number of hydroxylamine groups is 2. The van der Waals surface area contributed by atoms with Crippen LogP contribution >= 0.6 is 0 Å². The van der Waals surface area contributed by atoms with Gasteiger partial charge < -0.3 is 5.21 Å². The predicted octanol–water partition coefficient (Wildman–Crippen LogP) is 4.48. The molecule has 136 valence electrons. The summed E-state index contributed by atoms with van der Waals surface area (Å²) in [5.41, 5.74) is 0.887. The summed E-state index contributed by atoms with van der Waals surface area (Å²) in [5.74, 6) is -0.202. The van der Waals surface area contributed by atoms with Gasteiger partial charge in [0.05, 0.1) is 5.10 Å². The lowest BCUT2D eigenvalue weighted by atomic mass is 9.85. The quantitative estimate of drug-likeness (QED) is 0.378. The molecule has 1 aliphatic heterocycles. The normalized spacial score (nSPS) is 23.7. The number of pyridine rings is 1. The van der Waals surface area contributed by atoms with Gasteiger partial charge in [-0.2, -0.15) is 16.0 Å². The maximum Gasteiger partial charge on any atom is 0.213 e. The molecule has 0 saturated carbocycles. The van der Waals surface area contributed by atoms with Gasteiger partial charge in [0.15, 0.2) is 0 Å². The van der Waals surface area contributed by atoms with Gasteiger partial charge in [0, 0.05) is 23.7 Å². The second-order valence-electron chi connectivity index (χ2n) is 8.18. The van der Waals surface area contributed by atoms with Crippen LogP contribution in [0.2, 0.25) is 0 Å². The van der Waals surface area contributed by atoms with Crippen molar-refractivity contribution in [1.29, 1.82) is 0 Å². The first-order chi connectivity index (χ1) is 11.6. The summed E-state index contributed by atoms with van der Waals surface area (Å²) >= 11 is 0. The number of aromatic nitrogens is 1. The summed E-state index contributed by atoms with van der Waals surface area (Å²) in [7, 11) is 0. The van der Waals surface area contributed by atoms with Crippen molar-refractivity contribution in [2.45, 2.75) is 70.9 Å². The number of hydrogen-bond donors (Lipinski definition) is 1. The van der Waals surface area contributed by atoms with Crippen LogP contribution in [0.4, 0.5) is 4.39 Å². The third kappa shape index (κ3) is 5.07. The van der Waals surface area contributed by atoms with E-state index >= 15 is 0 Å². The van der Waals surface area contributed by atoms with Gasteiger partial charge in [-0.05, 0) is 77.0 Å². The molecule has 2 heterocycles. The molecular weight excluding hydrogens is 319 g/mol. The molecule has 1 fully saturated rings. The summed E-state index contributed by atoms with van der Waals surface area (Å²) in [4.78, 5) is 6.76. The fraction of sp³-hybridized carbons (Fsp3) is 0.632. The molecule has 0 radical (unpaired) electrons. The molecule has 0 amide bonds. The molecule has 2 rings (SSSR count). The van der Waals surface area contributed by atoms with Crippen molar-refractivity contribution in [3.8, 4) is 0 Å². The number of rotatable bonds is 4. The minimum atomic E-state index is -0.520. The summed E-state index contributed by atoms with van der Waals surface area (Å²) in [6, 6.07) is 3.13. The van der Waals surface area contributed by atoms with Gasteiger partial charge in [-0.1, -0.05) is 0 Å². The summed E-state index contributed by atoms with van der Waals surface area (Å²) in [6.45, 7) is 15.2. The SMILES string of the molecule is [C-]#[N+]/N=C(\Cc1ccnc(F)c1)CC1CCC(C)(C)N(O)C(C)(C)C1. The molecule has 0 aliphatic carbocycles. The molecule has 1 N–H and O–H groups in total. The average Bonchev–Trinajstić information content (AvgIpc) is 2.58. The monoisotopic (exact) mass is 346 g/mol. The van der Waals surface area contributed by atoms with Gasteiger partial charge in [0.2, 0.25) is 5.95 Å². The maximum atomic E-state index is 13.3. The molecule has 1 unspecified atom stereocenters. The minimum absolute atomic E-state index is 0.288. The lowest BCUT2D eigenvalue weighted by Crippen LogP contribution is -2.52. The number of hydrogen-bond acceptors (Lipinski definition) is 4. The molecule has 0 spiro atoms. The van der Waals surface area contributed by atoms with Crippen LogP contribution in [-0.2, 0) is 6.42 Å². The Labute approximate surface area is 149 Å². The van der Waals surface area contributed by atoms with Gasteiger partial charge in [-0.15, -0.1) is 4.95 Å². The maximum absolute atomic E-state index is 13.3. The third-order valence-corrected chi connectivity index (χ3v) is 5.01. The fourth-order valence-electron chi connectivity index (χ4n) is 3.89. The molecule has 1 aromatic rings. The van der Waals surface area contributed by atoms with E-state index in [-0.39, 0.29) is 11.1 Å². The Kier molecular flexibility index (Phi) is 5.91. The van der Waals surface area contributed by atoms with E-state index in [0.717, 1.165) is 30.5 Å². The Bertz CT molecular complexity index is 678. The van der Waals surface area contributed by atoms with E-state index in [2.05, 4.69) is 15.0 Å². The summed E-state index contributed by atoms with van der Waals surface area (Å²) in [6.07, 6.45) is 5.20. The number of halogens is 1. The van der Waals surface area contributed by atoms with Crippen LogP contribution < -0.4 is 0 Å². The van der Waals surface area contributed by atoms with Crippen LogP contribution in [0, 0.1) is 18.4 Å². The molecule has 6 heteroatoms. The van der Waals surface area contributed by atoms with E-state index < -0.39 is 5.95 Å². The molecule has 1 aliphatic rings. The van der Waals surface area contributed by atoms with E-state index in [1.54, 1.807) is 6.07 Å². The van der Waals surface area contributed by atoms with E-state index in [1.165, 1.54) is 17.3 Å². The highest BCUT2D eigenvalue weighted by Gasteiger charge is 2.42. The molecular formula is C19H27FN4O. The second kappa shape index (κ2) is 7.59. The average molecular weight is 346 g/mol. The fourth-order valence-corrected chi connectivity index (χ4v) is 3.89. The van der Waals surface area contributed by atoms with Crippen molar-refractivity contribution >= 4 is 5.71 Å². The van der Waals surface area contributed by atoms with Crippen molar-refractivity contribution in [2.24, 2.45) is 11.0 Å². The van der Waals surface area contributed by atoms with Gasteiger partial charge in [-0.3, -0.25) is 0 Å². The minimum Gasteiger partial charge on any atom is -0.313 e. The lowest BCUT2D eigenvalue weighted by Gasteiger charge is -2.42. The molecule has 0 bridgehead atoms. The lowest BCUT2D eigenvalue weighted by molar-refractivity contribution is -0.221. The van der Waals surface area contributed by atoms with E-state index in [0.29, 0.717) is 18.8 Å². The van der Waals surface area contributed by atoms with Crippen molar-refractivity contribution in [3.63, 3.8) is 0 Å². The third-order valence-electron chi connectivity index (χ3n) is 5.01. The van der Waals surface area contributed by atoms with Crippen LogP contribution in [0.1, 0.15) is 58.9 Å². The Morgan fingerprint density at radius 3 is 2.80 bits per heavy atom. The highest BCUT2D eigenvalue weighted by Crippen LogP contribution is 2.39. The van der Waals surface area contributed by atoms with Gasteiger partial charge in [0.25, 0.3) is 0 Å². The van der Waals surface area contributed by atoms with Crippen molar-refractivity contribution < 1.29 is 9.60 Å². The van der Waals surface area contributed by atoms with Crippen LogP contribution in [0.5, 0.6) is 0 Å². The molecule has 5 nitrogen and oxygen atoms in total. The zero-order valence-electron chi connectivity index (χ0n) is 15.5. The first-order valence-corrected chi connectivity index (χ1v) is 8.66. The molecule has 1 aromatic heterocycles. The van der Waals surface area contributed by atoms with Gasteiger partial charge >= 0.3 is 0 Å². The highest BCUT2D eigenvalue weighted by molar-refractivity contribution is 5.87. The molecule has 1 saturated heterocycles. The molecule has 0 aromatic carbocycles. The topological polar surface area (TPSA) is 53.1 Å². The Hall–Kier alpha value is -1.84. The van der Waals surface area contributed by atoms with E-state index in [1.807, 2.05) is 27.7 Å². The van der Waals surface area contributed by atoms with Crippen LogP contribution in [-0.4, -0.2) is 32.0 Å². The van der Waals surface area contributed by atoms with Crippen LogP contribution in [0.3, 0.4) is 0 Å².